The lowest BCUT2D eigenvalue weighted by atomic mass is 9.87. The summed E-state index contributed by atoms with van der Waals surface area (Å²) >= 11 is 6.21. The average Bonchev–Trinajstić information content (AvgIpc) is 2.56. The Labute approximate surface area is 122 Å². The molecule has 1 aliphatic carbocycles. The van der Waals surface area contributed by atoms with Crippen LogP contribution in [0.3, 0.4) is 0 Å². The monoisotopic (exact) mass is 280 g/mol. The summed E-state index contributed by atoms with van der Waals surface area (Å²) in [6.07, 6.45) is 8.68. The van der Waals surface area contributed by atoms with Gasteiger partial charge in [0.25, 0.3) is 0 Å². The van der Waals surface area contributed by atoms with Crippen LogP contribution in [-0.2, 0) is 6.42 Å². The van der Waals surface area contributed by atoms with Gasteiger partial charge in [0.1, 0.15) is 0 Å². The summed E-state index contributed by atoms with van der Waals surface area (Å²) in [5.74, 6) is 0.810. The number of hydrogen-bond acceptors (Lipinski definition) is 1. The fourth-order valence-electron chi connectivity index (χ4n) is 3.33. The topological polar surface area (TPSA) is 20.2 Å². The van der Waals surface area contributed by atoms with Crippen molar-refractivity contribution in [2.75, 3.05) is 0 Å². The highest BCUT2D eigenvalue weighted by Crippen LogP contribution is 2.35. The molecule has 0 aliphatic heterocycles. The summed E-state index contributed by atoms with van der Waals surface area (Å²) < 4.78 is 0. The molecule has 0 aromatic heterocycles. The van der Waals surface area contributed by atoms with E-state index in [1.807, 2.05) is 24.3 Å². The number of benzene rings is 1. The van der Waals surface area contributed by atoms with E-state index in [1.54, 1.807) is 0 Å². The zero-order chi connectivity index (χ0) is 13.7. The standard InChI is InChI=1S/C17H25ClO/c1-2-6-14-7-5-11-17(19,12-10-14)13-15-8-3-4-9-16(15)18/h3-4,8-9,14,19H,2,5-7,10-13H2,1H3. The van der Waals surface area contributed by atoms with Gasteiger partial charge in [-0.2, -0.15) is 0 Å². The molecule has 0 saturated heterocycles. The van der Waals surface area contributed by atoms with Crippen molar-refractivity contribution in [1.82, 2.24) is 0 Å². The first kappa shape index (κ1) is 14.9. The van der Waals surface area contributed by atoms with Crippen molar-refractivity contribution in [3.8, 4) is 0 Å². The van der Waals surface area contributed by atoms with Crippen molar-refractivity contribution in [3.63, 3.8) is 0 Å². The summed E-state index contributed by atoms with van der Waals surface area (Å²) in [7, 11) is 0. The van der Waals surface area contributed by atoms with Crippen molar-refractivity contribution in [3.05, 3.63) is 34.9 Å². The van der Waals surface area contributed by atoms with Gasteiger partial charge >= 0.3 is 0 Å². The van der Waals surface area contributed by atoms with Gasteiger partial charge in [-0.15, -0.1) is 0 Å². The van der Waals surface area contributed by atoms with Crippen molar-refractivity contribution in [1.29, 1.82) is 0 Å². The lowest BCUT2D eigenvalue weighted by Gasteiger charge is -2.27. The molecule has 1 aromatic carbocycles. The zero-order valence-electron chi connectivity index (χ0n) is 11.9. The SMILES string of the molecule is CCCC1CCCC(O)(Cc2ccccc2Cl)CC1. The van der Waals surface area contributed by atoms with Crippen molar-refractivity contribution in [2.24, 2.45) is 5.92 Å². The van der Waals surface area contributed by atoms with E-state index in [4.69, 9.17) is 11.6 Å². The van der Waals surface area contributed by atoms with E-state index in [9.17, 15) is 5.11 Å². The Bertz CT molecular complexity index is 404. The third-order valence-electron chi connectivity index (χ3n) is 4.45. The van der Waals surface area contributed by atoms with Crippen LogP contribution in [0.25, 0.3) is 0 Å². The summed E-state index contributed by atoms with van der Waals surface area (Å²) in [5, 5.41) is 11.6. The van der Waals surface area contributed by atoms with Gasteiger partial charge in [0.2, 0.25) is 0 Å². The lowest BCUT2D eigenvalue weighted by molar-refractivity contribution is 0.0241. The number of hydrogen-bond donors (Lipinski definition) is 1. The van der Waals surface area contributed by atoms with Gasteiger partial charge in [-0.1, -0.05) is 62.4 Å². The third-order valence-corrected chi connectivity index (χ3v) is 4.82. The van der Waals surface area contributed by atoms with Crippen LogP contribution in [0.4, 0.5) is 0 Å². The molecule has 1 aliphatic rings. The Morgan fingerprint density at radius 2 is 2.05 bits per heavy atom. The van der Waals surface area contributed by atoms with Crippen LogP contribution in [0.2, 0.25) is 5.02 Å². The molecular formula is C17H25ClO. The minimum atomic E-state index is -0.548. The predicted molar refractivity (Wildman–Crippen MR) is 81.6 cm³/mol. The molecule has 1 fully saturated rings. The van der Waals surface area contributed by atoms with Crippen LogP contribution in [-0.4, -0.2) is 10.7 Å². The molecule has 1 aromatic rings. The van der Waals surface area contributed by atoms with Gasteiger partial charge in [-0.05, 0) is 36.8 Å². The second-order valence-corrected chi connectivity index (χ2v) is 6.49. The molecule has 0 spiro atoms. The lowest BCUT2D eigenvalue weighted by Crippen LogP contribution is -2.30. The molecule has 0 heterocycles. The maximum Gasteiger partial charge on any atom is 0.0688 e. The maximum atomic E-state index is 10.9. The van der Waals surface area contributed by atoms with E-state index in [2.05, 4.69) is 6.92 Å². The van der Waals surface area contributed by atoms with Crippen LogP contribution in [0, 0.1) is 5.92 Å². The Kier molecular flexibility index (Phi) is 5.29. The van der Waals surface area contributed by atoms with Crippen LogP contribution in [0.15, 0.2) is 24.3 Å². The van der Waals surface area contributed by atoms with Crippen LogP contribution in [0.1, 0.15) is 57.4 Å². The molecule has 2 unspecified atom stereocenters. The highest BCUT2D eigenvalue weighted by atomic mass is 35.5. The Morgan fingerprint density at radius 1 is 1.26 bits per heavy atom. The van der Waals surface area contributed by atoms with E-state index < -0.39 is 5.60 Å². The van der Waals surface area contributed by atoms with Crippen molar-refractivity contribution >= 4 is 11.6 Å². The molecule has 19 heavy (non-hydrogen) atoms. The molecule has 1 saturated carbocycles. The van der Waals surface area contributed by atoms with Crippen LogP contribution < -0.4 is 0 Å². The zero-order valence-corrected chi connectivity index (χ0v) is 12.6. The Balaban J connectivity index is 2.01. The van der Waals surface area contributed by atoms with Gasteiger partial charge in [0, 0.05) is 11.4 Å². The molecule has 0 radical (unpaired) electrons. The van der Waals surface area contributed by atoms with Crippen molar-refractivity contribution in [2.45, 2.75) is 63.9 Å². The Morgan fingerprint density at radius 3 is 2.79 bits per heavy atom. The van der Waals surface area contributed by atoms with Gasteiger partial charge in [0.05, 0.1) is 5.60 Å². The third kappa shape index (κ3) is 4.22. The molecule has 106 valence electrons. The fourth-order valence-corrected chi connectivity index (χ4v) is 3.53. The summed E-state index contributed by atoms with van der Waals surface area (Å²) in [6, 6.07) is 7.90. The van der Waals surface area contributed by atoms with Crippen LogP contribution >= 0.6 is 11.6 Å². The number of halogens is 1. The predicted octanol–water partition coefficient (Wildman–Crippen LogP) is 4.99. The second-order valence-electron chi connectivity index (χ2n) is 6.08. The normalized spacial score (nSPS) is 28.1. The number of rotatable bonds is 4. The number of aliphatic hydroxyl groups is 1. The molecule has 2 atom stereocenters. The minimum Gasteiger partial charge on any atom is -0.390 e. The van der Waals surface area contributed by atoms with E-state index in [0.717, 1.165) is 42.2 Å². The average molecular weight is 281 g/mol. The smallest absolute Gasteiger partial charge is 0.0688 e. The highest BCUT2D eigenvalue weighted by Gasteiger charge is 2.31. The van der Waals surface area contributed by atoms with Crippen LogP contribution in [0.5, 0.6) is 0 Å². The largest absolute Gasteiger partial charge is 0.390 e. The molecule has 1 N–H and O–H groups in total. The molecule has 2 rings (SSSR count). The quantitative estimate of drug-likeness (QED) is 0.770. The van der Waals surface area contributed by atoms with E-state index >= 15 is 0 Å². The van der Waals surface area contributed by atoms with E-state index in [-0.39, 0.29) is 0 Å². The van der Waals surface area contributed by atoms with Gasteiger partial charge in [-0.3, -0.25) is 0 Å². The Hall–Kier alpha value is -0.530. The van der Waals surface area contributed by atoms with Gasteiger partial charge in [-0.25, -0.2) is 0 Å². The first-order valence-corrected chi connectivity index (χ1v) is 7.96. The van der Waals surface area contributed by atoms with Gasteiger partial charge in [0.15, 0.2) is 0 Å². The fraction of sp³-hybridized carbons (Fsp3) is 0.647. The second kappa shape index (κ2) is 6.76. The molecule has 2 heteroatoms. The van der Waals surface area contributed by atoms with E-state index in [1.165, 1.54) is 19.3 Å². The van der Waals surface area contributed by atoms with E-state index in [0.29, 0.717) is 6.42 Å². The molecular weight excluding hydrogens is 256 g/mol. The molecule has 1 nitrogen and oxygen atoms in total. The molecule has 0 bridgehead atoms. The van der Waals surface area contributed by atoms with Gasteiger partial charge < -0.3 is 5.11 Å². The summed E-state index contributed by atoms with van der Waals surface area (Å²) in [4.78, 5) is 0. The highest BCUT2D eigenvalue weighted by molar-refractivity contribution is 6.31. The first-order chi connectivity index (χ1) is 9.13. The first-order valence-electron chi connectivity index (χ1n) is 7.59. The van der Waals surface area contributed by atoms with Crippen molar-refractivity contribution < 1.29 is 5.11 Å². The molecule has 0 amide bonds. The maximum absolute atomic E-state index is 10.9. The summed E-state index contributed by atoms with van der Waals surface area (Å²) in [5.41, 5.74) is 0.536. The minimum absolute atomic E-state index is 0.548. The summed E-state index contributed by atoms with van der Waals surface area (Å²) in [6.45, 7) is 2.25.